The van der Waals surface area contributed by atoms with Gasteiger partial charge in [0.15, 0.2) is 0 Å². The molecule has 0 aromatic carbocycles. The second-order valence-electron chi connectivity index (χ2n) is 2.58. The Hall–Kier alpha value is -0.580. The molecule has 0 amide bonds. The van der Waals surface area contributed by atoms with Crippen molar-refractivity contribution in [1.82, 2.24) is 9.80 Å². The monoisotopic (exact) mass is 142 g/mol. The first-order chi connectivity index (χ1) is 4.63. The molecule has 0 saturated carbocycles. The zero-order valence-electron chi connectivity index (χ0n) is 6.36. The molecule has 2 unspecified atom stereocenters. The molecule has 0 saturated heterocycles. The SMILES string of the molecule is CN1C=CC(N)N(C)C1N. The molecule has 0 aliphatic carbocycles. The molecule has 0 aromatic heterocycles. The van der Waals surface area contributed by atoms with Crippen LogP contribution in [0.4, 0.5) is 0 Å². The summed E-state index contributed by atoms with van der Waals surface area (Å²) in [5.41, 5.74) is 11.4. The molecule has 0 fully saturated rings. The van der Waals surface area contributed by atoms with E-state index in [4.69, 9.17) is 11.5 Å². The number of rotatable bonds is 0. The summed E-state index contributed by atoms with van der Waals surface area (Å²) in [6, 6.07) is 0. The molecule has 0 radical (unpaired) electrons. The van der Waals surface area contributed by atoms with Gasteiger partial charge in [-0.3, -0.25) is 10.6 Å². The Bertz CT molecular complexity index is 129. The predicted octanol–water partition coefficient (Wildman–Crippen LogP) is -1.10. The lowest BCUT2D eigenvalue weighted by molar-refractivity contribution is 0.0859. The van der Waals surface area contributed by atoms with Crippen molar-refractivity contribution in [1.29, 1.82) is 0 Å². The summed E-state index contributed by atoms with van der Waals surface area (Å²) in [5, 5.41) is 0. The Kier molecular flexibility index (Phi) is 1.94. The zero-order valence-corrected chi connectivity index (χ0v) is 6.36. The summed E-state index contributed by atoms with van der Waals surface area (Å²) in [6.45, 7) is 0. The van der Waals surface area contributed by atoms with Crippen LogP contribution in [0.15, 0.2) is 12.3 Å². The molecule has 1 aliphatic rings. The molecule has 1 aliphatic heterocycles. The van der Waals surface area contributed by atoms with Crippen LogP contribution in [0, 0.1) is 0 Å². The van der Waals surface area contributed by atoms with Crippen molar-refractivity contribution in [2.24, 2.45) is 11.5 Å². The summed E-state index contributed by atoms with van der Waals surface area (Å²) in [7, 11) is 3.82. The van der Waals surface area contributed by atoms with Crippen molar-refractivity contribution in [2.45, 2.75) is 12.5 Å². The van der Waals surface area contributed by atoms with Crippen LogP contribution in [0.1, 0.15) is 0 Å². The minimum Gasteiger partial charge on any atom is -0.353 e. The number of likely N-dealkylation sites (N-methyl/N-ethyl adjacent to an activating group) is 1. The highest BCUT2D eigenvalue weighted by Crippen LogP contribution is 2.05. The molecule has 4 nitrogen and oxygen atoms in total. The van der Waals surface area contributed by atoms with Gasteiger partial charge in [0.25, 0.3) is 0 Å². The van der Waals surface area contributed by atoms with E-state index in [1.54, 1.807) is 0 Å². The van der Waals surface area contributed by atoms with Crippen molar-refractivity contribution < 1.29 is 0 Å². The number of nitrogens with two attached hydrogens (primary N) is 2. The average molecular weight is 142 g/mol. The van der Waals surface area contributed by atoms with Crippen molar-refractivity contribution >= 4 is 0 Å². The van der Waals surface area contributed by atoms with Crippen LogP contribution in [-0.4, -0.2) is 36.4 Å². The average Bonchev–Trinajstić information content (AvgIpc) is 1.93. The van der Waals surface area contributed by atoms with Crippen LogP contribution in [-0.2, 0) is 0 Å². The third-order valence-corrected chi connectivity index (χ3v) is 1.82. The fourth-order valence-corrected chi connectivity index (χ4v) is 0.912. The van der Waals surface area contributed by atoms with Crippen LogP contribution in [0.2, 0.25) is 0 Å². The minimum absolute atomic E-state index is 0.0498. The van der Waals surface area contributed by atoms with Crippen LogP contribution >= 0.6 is 0 Å². The molecule has 1 heterocycles. The zero-order chi connectivity index (χ0) is 7.72. The van der Waals surface area contributed by atoms with Crippen LogP contribution in [0.25, 0.3) is 0 Å². The molecular formula is C6H14N4. The quantitative estimate of drug-likeness (QED) is 0.451. The summed E-state index contributed by atoms with van der Waals surface area (Å²) in [6.07, 6.45) is 3.66. The topological polar surface area (TPSA) is 58.5 Å². The normalized spacial score (nSPS) is 35.0. The Morgan fingerprint density at radius 3 is 2.40 bits per heavy atom. The van der Waals surface area contributed by atoms with Crippen molar-refractivity contribution in [3.8, 4) is 0 Å². The van der Waals surface area contributed by atoms with Gasteiger partial charge in [-0.15, -0.1) is 0 Å². The molecule has 0 bridgehead atoms. The maximum Gasteiger partial charge on any atom is 0.135 e. The molecule has 4 heteroatoms. The molecular weight excluding hydrogens is 128 g/mol. The molecule has 2 atom stereocenters. The lowest BCUT2D eigenvalue weighted by Crippen LogP contribution is -2.57. The number of nitrogens with zero attached hydrogens (tertiary/aromatic N) is 2. The van der Waals surface area contributed by atoms with Gasteiger partial charge < -0.3 is 10.6 Å². The second kappa shape index (κ2) is 2.57. The lowest BCUT2D eigenvalue weighted by Gasteiger charge is -2.37. The molecule has 0 spiro atoms. The first-order valence-corrected chi connectivity index (χ1v) is 3.26. The van der Waals surface area contributed by atoms with Gasteiger partial charge in [0.2, 0.25) is 0 Å². The summed E-state index contributed by atoms with van der Waals surface area (Å²) in [4.78, 5) is 3.80. The maximum absolute atomic E-state index is 5.73. The molecule has 4 N–H and O–H groups in total. The highest BCUT2D eigenvalue weighted by atomic mass is 15.4. The maximum atomic E-state index is 5.73. The van der Waals surface area contributed by atoms with Gasteiger partial charge in [0.1, 0.15) is 6.29 Å². The smallest absolute Gasteiger partial charge is 0.135 e. The van der Waals surface area contributed by atoms with E-state index in [9.17, 15) is 0 Å². The van der Waals surface area contributed by atoms with E-state index in [1.165, 1.54) is 0 Å². The van der Waals surface area contributed by atoms with Gasteiger partial charge in [-0.1, -0.05) is 0 Å². The Morgan fingerprint density at radius 1 is 1.30 bits per heavy atom. The van der Waals surface area contributed by atoms with Gasteiger partial charge in [-0.2, -0.15) is 0 Å². The Labute approximate surface area is 61.1 Å². The molecule has 0 aromatic rings. The Balaban J connectivity index is 2.69. The van der Waals surface area contributed by atoms with Gasteiger partial charge >= 0.3 is 0 Å². The fraction of sp³-hybridized carbons (Fsp3) is 0.667. The molecule has 10 heavy (non-hydrogen) atoms. The van der Waals surface area contributed by atoms with Crippen LogP contribution in [0.5, 0.6) is 0 Å². The summed E-state index contributed by atoms with van der Waals surface area (Å²) >= 11 is 0. The van der Waals surface area contributed by atoms with E-state index in [0.29, 0.717) is 0 Å². The van der Waals surface area contributed by atoms with Crippen molar-refractivity contribution in [3.05, 3.63) is 12.3 Å². The van der Waals surface area contributed by atoms with E-state index in [1.807, 2.05) is 36.2 Å². The van der Waals surface area contributed by atoms with Crippen molar-refractivity contribution in [2.75, 3.05) is 14.1 Å². The highest BCUT2D eigenvalue weighted by molar-refractivity contribution is 4.96. The Morgan fingerprint density at radius 2 is 1.90 bits per heavy atom. The third-order valence-electron chi connectivity index (χ3n) is 1.82. The summed E-state index contributed by atoms with van der Waals surface area (Å²) in [5.74, 6) is 0. The first kappa shape index (κ1) is 7.53. The van der Waals surface area contributed by atoms with Crippen LogP contribution in [0.3, 0.4) is 0 Å². The largest absolute Gasteiger partial charge is 0.353 e. The van der Waals surface area contributed by atoms with E-state index < -0.39 is 0 Å². The fourth-order valence-electron chi connectivity index (χ4n) is 0.912. The number of hydrogen-bond donors (Lipinski definition) is 2. The van der Waals surface area contributed by atoms with E-state index in [0.717, 1.165) is 0 Å². The van der Waals surface area contributed by atoms with Gasteiger partial charge in [-0.25, -0.2) is 0 Å². The highest BCUT2D eigenvalue weighted by Gasteiger charge is 2.20. The predicted molar refractivity (Wildman–Crippen MR) is 40.6 cm³/mol. The van der Waals surface area contributed by atoms with E-state index in [2.05, 4.69) is 0 Å². The van der Waals surface area contributed by atoms with E-state index >= 15 is 0 Å². The standard InChI is InChI=1S/C6H14N4/c1-9-4-3-5(7)10(2)6(9)8/h3-6H,7-8H2,1-2H3. The van der Waals surface area contributed by atoms with Crippen LogP contribution < -0.4 is 11.5 Å². The summed E-state index contributed by atoms with van der Waals surface area (Å²) < 4.78 is 0. The first-order valence-electron chi connectivity index (χ1n) is 3.26. The second-order valence-corrected chi connectivity index (χ2v) is 2.58. The lowest BCUT2D eigenvalue weighted by atomic mass is 10.3. The third kappa shape index (κ3) is 1.13. The van der Waals surface area contributed by atoms with Gasteiger partial charge in [0, 0.05) is 13.2 Å². The number of hydrogen-bond acceptors (Lipinski definition) is 4. The molecule has 1 rings (SSSR count). The van der Waals surface area contributed by atoms with E-state index in [-0.39, 0.29) is 12.5 Å². The van der Waals surface area contributed by atoms with Gasteiger partial charge in [-0.05, 0) is 13.1 Å². The van der Waals surface area contributed by atoms with Crippen molar-refractivity contribution in [3.63, 3.8) is 0 Å². The van der Waals surface area contributed by atoms with Gasteiger partial charge in [0.05, 0.1) is 6.17 Å². The minimum atomic E-state index is -0.0972. The molecule has 58 valence electrons.